The maximum absolute atomic E-state index is 9.92. The highest BCUT2D eigenvalue weighted by Gasteiger charge is 2.41. The van der Waals surface area contributed by atoms with E-state index in [2.05, 4.69) is 10.1 Å². The summed E-state index contributed by atoms with van der Waals surface area (Å²) in [5.74, 6) is 0.814. The normalized spacial score (nSPS) is 33.0. The molecule has 1 aromatic rings. The van der Waals surface area contributed by atoms with Gasteiger partial charge in [-0.15, -0.1) is 0 Å². The standard InChI is InChI=1S/C8H14N4O/c1-12-7(10-5-11-12)4-8(13)2-6(9)3-8/h5-6,13H,2-4,9H2,1H3. The van der Waals surface area contributed by atoms with Gasteiger partial charge in [0.2, 0.25) is 0 Å². The van der Waals surface area contributed by atoms with Gasteiger partial charge >= 0.3 is 0 Å². The molecule has 1 heterocycles. The Morgan fingerprint density at radius 3 is 2.92 bits per heavy atom. The third-order valence-corrected chi connectivity index (χ3v) is 2.58. The number of hydrogen-bond acceptors (Lipinski definition) is 4. The lowest BCUT2D eigenvalue weighted by Crippen LogP contribution is -2.53. The van der Waals surface area contributed by atoms with Crippen molar-refractivity contribution in [2.75, 3.05) is 0 Å². The predicted octanol–water partition coefficient (Wildman–Crippen LogP) is -0.790. The second-order valence-corrected chi connectivity index (χ2v) is 3.87. The molecule has 0 unspecified atom stereocenters. The minimum Gasteiger partial charge on any atom is -0.389 e. The van der Waals surface area contributed by atoms with Gasteiger partial charge in [0.1, 0.15) is 12.2 Å². The van der Waals surface area contributed by atoms with Crippen molar-refractivity contribution >= 4 is 0 Å². The molecule has 5 nitrogen and oxygen atoms in total. The Morgan fingerprint density at radius 1 is 1.77 bits per heavy atom. The van der Waals surface area contributed by atoms with E-state index < -0.39 is 5.60 Å². The third kappa shape index (κ3) is 1.57. The van der Waals surface area contributed by atoms with Crippen molar-refractivity contribution in [2.24, 2.45) is 12.8 Å². The van der Waals surface area contributed by atoms with Crippen LogP contribution < -0.4 is 5.73 Å². The topological polar surface area (TPSA) is 77.0 Å². The predicted molar refractivity (Wildman–Crippen MR) is 46.9 cm³/mol. The quantitative estimate of drug-likeness (QED) is 0.628. The summed E-state index contributed by atoms with van der Waals surface area (Å²) in [5.41, 5.74) is 4.98. The molecule has 0 radical (unpaired) electrons. The summed E-state index contributed by atoms with van der Waals surface area (Å²) in [6.45, 7) is 0. The number of aromatic nitrogens is 3. The van der Waals surface area contributed by atoms with Gasteiger partial charge in [-0.2, -0.15) is 5.10 Å². The molecular formula is C8H14N4O. The molecule has 2 rings (SSSR count). The molecule has 0 atom stereocenters. The fourth-order valence-electron chi connectivity index (χ4n) is 1.84. The molecule has 0 bridgehead atoms. The van der Waals surface area contributed by atoms with Crippen LogP contribution >= 0.6 is 0 Å². The van der Waals surface area contributed by atoms with E-state index in [4.69, 9.17) is 5.73 Å². The average Bonchev–Trinajstić information content (AvgIpc) is 2.33. The van der Waals surface area contributed by atoms with Gasteiger partial charge in [0, 0.05) is 19.5 Å². The molecule has 0 amide bonds. The number of nitrogens with zero attached hydrogens (tertiary/aromatic N) is 3. The SMILES string of the molecule is Cn1ncnc1CC1(O)CC(N)C1. The van der Waals surface area contributed by atoms with E-state index in [-0.39, 0.29) is 6.04 Å². The molecule has 0 aliphatic heterocycles. The van der Waals surface area contributed by atoms with Gasteiger partial charge in [0.25, 0.3) is 0 Å². The van der Waals surface area contributed by atoms with Crippen LogP contribution in [0.1, 0.15) is 18.7 Å². The Labute approximate surface area is 76.6 Å². The van der Waals surface area contributed by atoms with Crippen LogP contribution in [0.2, 0.25) is 0 Å². The largest absolute Gasteiger partial charge is 0.389 e. The van der Waals surface area contributed by atoms with E-state index in [1.807, 2.05) is 7.05 Å². The lowest BCUT2D eigenvalue weighted by atomic mass is 9.74. The number of aliphatic hydroxyl groups is 1. The first-order valence-corrected chi connectivity index (χ1v) is 4.40. The smallest absolute Gasteiger partial charge is 0.138 e. The average molecular weight is 182 g/mol. The van der Waals surface area contributed by atoms with Crippen molar-refractivity contribution in [1.82, 2.24) is 14.8 Å². The van der Waals surface area contributed by atoms with Gasteiger partial charge in [-0.3, -0.25) is 4.68 Å². The van der Waals surface area contributed by atoms with Crippen molar-refractivity contribution < 1.29 is 5.11 Å². The second kappa shape index (κ2) is 2.78. The van der Waals surface area contributed by atoms with Crippen LogP contribution in [0.15, 0.2) is 6.33 Å². The highest BCUT2D eigenvalue weighted by atomic mass is 16.3. The van der Waals surface area contributed by atoms with Crippen molar-refractivity contribution in [2.45, 2.75) is 30.9 Å². The van der Waals surface area contributed by atoms with Crippen LogP contribution in [0.5, 0.6) is 0 Å². The van der Waals surface area contributed by atoms with Gasteiger partial charge in [-0.25, -0.2) is 4.98 Å². The summed E-state index contributed by atoms with van der Waals surface area (Å²) in [6.07, 6.45) is 3.38. The van der Waals surface area contributed by atoms with Crippen LogP contribution in [0, 0.1) is 0 Å². The van der Waals surface area contributed by atoms with E-state index in [1.54, 1.807) is 4.68 Å². The molecule has 1 aliphatic rings. The van der Waals surface area contributed by atoms with Crippen LogP contribution in [0.3, 0.4) is 0 Å². The fraction of sp³-hybridized carbons (Fsp3) is 0.750. The Balaban J connectivity index is 2.03. The molecule has 0 aromatic carbocycles. The monoisotopic (exact) mass is 182 g/mol. The zero-order valence-corrected chi connectivity index (χ0v) is 7.64. The Kier molecular flexibility index (Phi) is 1.85. The summed E-state index contributed by atoms with van der Waals surface area (Å²) in [5, 5.41) is 13.9. The first-order chi connectivity index (χ1) is 6.09. The van der Waals surface area contributed by atoms with Gasteiger partial charge in [-0.05, 0) is 12.8 Å². The molecule has 1 aromatic heterocycles. The number of nitrogens with two attached hydrogens (primary N) is 1. The highest BCUT2D eigenvalue weighted by molar-refractivity contribution is 5.03. The lowest BCUT2D eigenvalue weighted by molar-refractivity contribution is -0.0475. The molecular weight excluding hydrogens is 168 g/mol. The molecule has 1 aliphatic carbocycles. The van der Waals surface area contributed by atoms with Crippen molar-refractivity contribution in [3.63, 3.8) is 0 Å². The van der Waals surface area contributed by atoms with Gasteiger partial charge < -0.3 is 10.8 Å². The summed E-state index contributed by atoms with van der Waals surface area (Å²) < 4.78 is 1.68. The molecule has 72 valence electrons. The van der Waals surface area contributed by atoms with Gasteiger partial charge in [-0.1, -0.05) is 0 Å². The minimum absolute atomic E-state index is 0.151. The molecule has 1 fully saturated rings. The first kappa shape index (κ1) is 8.65. The number of aryl methyl sites for hydroxylation is 1. The van der Waals surface area contributed by atoms with E-state index in [0.717, 1.165) is 5.82 Å². The van der Waals surface area contributed by atoms with Crippen LogP contribution in [0.4, 0.5) is 0 Å². The third-order valence-electron chi connectivity index (χ3n) is 2.58. The van der Waals surface area contributed by atoms with E-state index in [0.29, 0.717) is 19.3 Å². The van der Waals surface area contributed by atoms with Crippen molar-refractivity contribution in [3.05, 3.63) is 12.2 Å². The molecule has 13 heavy (non-hydrogen) atoms. The van der Waals surface area contributed by atoms with Crippen LogP contribution in [-0.2, 0) is 13.5 Å². The van der Waals surface area contributed by atoms with E-state index in [1.165, 1.54) is 6.33 Å². The summed E-state index contributed by atoms with van der Waals surface area (Å²) in [7, 11) is 1.82. The van der Waals surface area contributed by atoms with Crippen molar-refractivity contribution in [3.8, 4) is 0 Å². The minimum atomic E-state index is -0.639. The highest BCUT2D eigenvalue weighted by Crippen LogP contribution is 2.33. The van der Waals surface area contributed by atoms with E-state index in [9.17, 15) is 5.11 Å². The second-order valence-electron chi connectivity index (χ2n) is 3.87. The molecule has 1 saturated carbocycles. The maximum Gasteiger partial charge on any atom is 0.138 e. The fourth-order valence-corrected chi connectivity index (χ4v) is 1.84. The van der Waals surface area contributed by atoms with Crippen molar-refractivity contribution in [1.29, 1.82) is 0 Å². The summed E-state index contributed by atoms with van der Waals surface area (Å²) in [6, 6.07) is 0.151. The Morgan fingerprint density at radius 2 is 2.46 bits per heavy atom. The van der Waals surface area contributed by atoms with Gasteiger partial charge in [0.15, 0.2) is 0 Å². The molecule has 5 heteroatoms. The van der Waals surface area contributed by atoms with Gasteiger partial charge in [0.05, 0.1) is 5.60 Å². The number of hydrogen-bond donors (Lipinski definition) is 2. The van der Waals surface area contributed by atoms with Crippen LogP contribution in [0.25, 0.3) is 0 Å². The zero-order chi connectivity index (χ0) is 9.47. The zero-order valence-electron chi connectivity index (χ0n) is 7.64. The Hall–Kier alpha value is -0.940. The van der Waals surface area contributed by atoms with Crippen LogP contribution in [-0.4, -0.2) is 31.5 Å². The molecule has 0 saturated heterocycles. The summed E-state index contributed by atoms with van der Waals surface area (Å²) >= 11 is 0. The van der Waals surface area contributed by atoms with E-state index >= 15 is 0 Å². The molecule has 3 N–H and O–H groups in total. The summed E-state index contributed by atoms with van der Waals surface area (Å²) in [4.78, 5) is 4.06. The lowest BCUT2D eigenvalue weighted by Gasteiger charge is -2.41. The first-order valence-electron chi connectivity index (χ1n) is 4.40. The Bertz CT molecular complexity index is 303. The number of rotatable bonds is 2. The molecule has 0 spiro atoms. The maximum atomic E-state index is 9.92.